The highest BCUT2D eigenvalue weighted by Crippen LogP contribution is 2.31. The summed E-state index contributed by atoms with van der Waals surface area (Å²) in [7, 11) is 0. The number of aromatic nitrogens is 5. The van der Waals surface area contributed by atoms with Crippen molar-refractivity contribution < 1.29 is 14.3 Å². The molecule has 3 aromatic heterocycles. The lowest BCUT2D eigenvalue weighted by molar-refractivity contribution is -0.125. The van der Waals surface area contributed by atoms with Gasteiger partial charge in [0.1, 0.15) is 23.6 Å². The predicted molar refractivity (Wildman–Crippen MR) is 125 cm³/mol. The van der Waals surface area contributed by atoms with Crippen molar-refractivity contribution in [2.24, 2.45) is 0 Å². The lowest BCUT2D eigenvalue weighted by Gasteiger charge is -2.18. The van der Waals surface area contributed by atoms with Gasteiger partial charge >= 0.3 is 0 Å². The molecule has 0 aliphatic rings. The number of carbonyl (C=O) groups is 1. The van der Waals surface area contributed by atoms with E-state index in [9.17, 15) is 4.79 Å². The molecular formula is C22H17Cl2N7O3. The van der Waals surface area contributed by atoms with Gasteiger partial charge < -0.3 is 14.8 Å². The average Bonchev–Trinajstić information content (AvgIpc) is 3.28. The monoisotopic (exact) mass is 497 g/mol. The maximum Gasteiger partial charge on any atom is 0.269 e. The zero-order valence-corrected chi connectivity index (χ0v) is 19.3. The first-order valence-electron chi connectivity index (χ1n) is 10.1. The molecule has 1 aromatic carbocycles. The molecule has 0 fully saturated rings. The number of anilines is 1. The number of benzene rings is 1. The molecule has 0 aliphatic carbocycles. The maximum atomic E-state index is 12.9. The minimum atomic E-state index is -1.05. The number of hydrogen-bond donors (Lipinski definition) is 1. The van der Waals surface area contributed by atoms with Crippen LogP contribution >= 0.6 is 23.2 Å². The van der Waals surface area contributed by atoms with Gasteiger partial charge in [-0.1, -0.05) is 29.3 Å². The second-order valence-electron chi connectivity index (χ2n) is 6.84. The summed E-state index contributed by atoms with van der Waals surface area (Å²) in [5.41, 5.74) is 1.32. The highest BCUT2D eigenvalue weighted by Gasteiger charge is 2.24. The third-order valence-electron chi connectivity index (χ3n) is 4.65. The number of hydrogen-bond acceptors (Lipinski definition) is 8. The molecule has 4 rings (SSSR count). The van der Waals surface area contributed by atoms with Crippen LogP contribution in [-0.4, -0.2) is 50.0 Å². The van der Waals surface area contributed by atoms with Crippen LogP contribution in [0, 0.1) is 11.3 Å². The Morgan fingerprint density at radius 1 is 1.21 bits per heavy atom. The molecule has 0 aliphatic heterocycles. The molecule has 1 amide bonds. The number of amides is 1. The Kier molecular flexibility index (Phi) is 7.18. The summed E-state index contributed by atoms with van der Waals surface area (Å²) in [6.45, 7) is 2.16. The number of ether oxygens (including phenoxy) is 2. The van der Waals surface area contributed by atoms with Gasteiger partial charge in [-0.3, -0.25) is 4.79 Å². The fourth-order valence-corrected chi connectivity index (χ4v) is 3.39. The van der Waals surface area contributed by atoms with Crippen molar-refractivity contribution in [2.45, 2.75) is 13.0 Å². The fourth-order valence-electron chi connectivity index (χ4n) is 3.01. The summed E-state index contributed by atoms with van der Waals surface area (Å²) < 4.78 is 12.9. The third-order valence-corrected chi connectivity index (χ3v) is 5.46. The largest absolute Gasteiger partial charge is 0.461 e. The quantitative estimate of drug-likeness (QED) is 0.389. The second-order valence-corrected chi connectivity index (χ2v) is 7.63. The molecule has 172 valence electrons. The first-order chi connectivity index (χ1) is 16.5. The molecule has 34 heavy (non-hydrogen) atoms. The molecule has 0 spiro atoms. The molecule has 10 nitrogen and oxygen atoms in total. The van der Waals surface area contributed by atoms with Crippen molar-refractivity contribution in [1.29, 1.82) is 5.26 Å². The molecule has 0 radical (unpaired) electrons. The summed E-state index contributed by atoms with van der Waals surface area (Å²) in [4.78, 5) is 25.4. The summed E-state index contributed by atoms with van der Waals surface area (Å²) in [6.07, 6.45) is 3.12. The van der Waals surface area contributed by atoms with Gasteiger partial charge in [0.2, 0.25) is 12.0 Å². The van der Waals surface area contributed by atoms with Crippen molar-refractivity contribution in [1.82, 2.24) is 24.7 Å². The van der Waals surface area contributed by atoms with E-state index in [0.717, 1.165) is 0 Å². The fraction of sp³-hybridized carbons (Fsp3) is 0.182. The van der Waals surface area contributed by atoms with Crippen molar-refractivity contribution >= 4 is 46.0 Å². The first-order valence-corrected chi connectivity index (χ1v) is 10.8. The van der Waals surface area contributed by atoms with Gasteiger partial charge in [-0.15, -0.1) is 0 Å². The number of carbonyl (C=O) groups excluding carboxylic acids is 1. The summed E-state index contributed by atoms with van der Waals surface area (Å²) in [6, 6.07) is 10.2. The molecule has 12 heteroatoms. The Bertz CT molecular complexity index is 1370. The maximum absolute atomic E-state index is 12.9. The molecule has 3 heterocycles. The van der Waals surface area contributed by atoms with E-state index in [-0.39, 0.29) is 18.3 Å². The summed E-state index contributed by atoms with van der Waals surface area (Å²) >= 11 is 12.5. The minimum absolute atomic E-state index is 0.0294. The summed E-state index contributed by atoms with van der Waals surface area (Å²) in [5, 5.41) is 17.1. The number of rotatable bonds is 8. The van der Waals surface area contributed by atoms with Gasteiger partial charge in [-0.25, -0.2) is 19.6 Å². The lowest BCUT2D eigenvalue weighted by atomic mass is 10.3. The molecule has 0 saturated carbocycles. The zero-order valence-electron chi connectivity index (χ0n) is 17.8. The van der Waals surface area contributed by atoms with E-state index in [4.69, 9.17) is 37.9 Å². The Labute approximate surface area is 204 Å². The second kappa shape index (κ2) is 10.4. The molecule has 1 N–H and O–H groups in total. The van der Waals surface area contributed by atoms with Crippen LogP contribution in [0.4, 0.5) is 5.82 Å². The number of nitrogens with zero attached hydrogens (tertiary/aromatic N) is 6. The normalized spacial score (nSPS) is 11.7. The van der Waals surface area contributed by atoms with Gasteiger partial charge in [0.15, 0.2) is 5.65 Å². The van der Waals surface area contributed by atoms with E-state index in [0.29, 0.717) is 38.9 Å². The van der Waals surface area contributed by atoms with Crippen LogP contribution in [-0.2, 0) is 9.53 Å². The van der Waals surface area contributed by atoms with E-state index in [2.05, 4.69) is 25.4 Å². The first kappa shape index (κ1) is 23.4. The highest BCUT2D eigenvalue weighted by molar-refractivity contribution is 6.43. The van der Waals surface area contributed by atoms with Crippen molar-refractivity contribution in [2.75, 3.05) is 18.5 Å². The van der Waals surface area contributed by atoms with Crippen LogP contribution in [0.15, 0.2) is 49.1 Å². The SMILES string of the molecule is CCOCC(Oc1ncnc2c1cnn2-c1cccc(Cl)c1Cl)C(=O)Nc1ccc(C#N)cn1. The molecule has 4 aromatic rings. The Balaban J connectivity index is 1.62. The van der Waals surface area contributed by atoms with E-state index >= 15 is 0 Å². The number of fused-ring (bicyclic) bond motifs is 1. The topological polar surface area (TPSA) is 128 Å². The molecule has 1 unspecified atom stereocenters. The number of pyridine rings is 1. The lowest BCUT2D eigenvalue weighted by Crippen LogP contribution is -2.37. The van der Waals surface area contributed by atoms with Crippen LogP contribution in [0.5, 0.6) is 5.88 Å². The van der Waals surface area contributed by atoms with Crippen LogP contribution in [0.3, 0.4) is 0 Å². The minimum Gasteiger partial charge on any atom is -0.461 e. The van der Waals surface area contributed by atoms with Crippen LogP contribution in [0.2, 0.25) is 10.0 Å². The van der Waals surface area contributed by atoms with Gasteiger partial charge in [0.05, 0.1) is 34.1 Å². The average molecular weight is 498 g/mol. The Morgan fingerprint density at radius 3 is 2.79 bits per heavy atom. The van der Waals surface area contributed by atoms with E-state index in [1.165, 1.54) is 29.5 Å². The smallest absolute Gasteiger partial charge is 0.269 e. The van der Waals surface area contributed by atoms with Gasteiger partial charge in [-0.05, 0) is 31.2 Å². The Morgan fingerprint density at radius 2 is 2.06 bits per heavy atom. The van der Waals surface area contributed by atoms with Crippen molar-refractivity contribution in [3.05, 3.63) is 64.7 Å². The Hall–Kier alpha value is -3.78. The molecule has 0 saturated heterocycles. The number of nitrogens with one attached hydrogen (secondary N) is 1. The number of nitriles is 1. The summed E-state index contributed by atoms with van der Waals surface area (Å²) in [5.74, 6) is -0.0879. The zero-order chi connectivity index (χ0) is 24.1. The standard InChI is InChI=1S/C22H17Cl2N7O3/c1-2-33-11-17(21(32)30-18-7-6-13(8-25)9-26-18)34-22-14-10-29-31(20(14)27-12-28-22)16-5-3-4-15(23)19(16)24/h3-7,9-10,12,17H,2,11H2,1H3,(H,26,30,32). The van der Waals surface area contributed by atoms with Crippen LogP contribution in [0.25, 0.3) is 16.7 Å². The van der Waals surface area contributed by atoms with Crippen LogP contribution in [0.1, 0.15) is 12.5 Å². The highest BCUT2D eigenvalue weighted by atomic mass is 35.5. The van der Waals surface area contributed by atoms with Gasteiger partial charge in [0.25, 0.3) is 5.91 Å². The van der Waals surface area contributed by atoms with E-state index < -0.39 is 12.0 Å². The third kappa shape index (κ3) is 4.92. The predicted octanol–water partition coefficient (Wildman–Crippen LogP) is 3.81. The van der Waals surface area contributed by atoms with E-state index in [1.807, 2.05) is 6.07 Å². The van der Waals surface area contributed by atoms with Crippen molar-refractivity contribution in [3.63, 3.8) is 0 Å². The van der Waals surface area contributed by atoms with Crippen molar-refractivity contribution in [3.8, 4) is 17.6 Å². The van der Waals surface area contributed by atoms with Crippen LogP contribution < -0.4 is 10.1 Å². The van der Waals surface area contributed by atoms with E-state index in [1.54, 1.807) is 31.2 Å². The molecular weight excluding hydrogens is 481 g/mol. The molecule has 1 atom stereocenters. The number of halogens is 2. The van der Waals surface area contributed by atoms with Gasteiger partial charge in [0, 0.05) is 12.8 Å². The van der Waals surface area contributed by atoms with Gasteiger partial charge in [-0.2, -0.15) is 10.4 Å². The molecule has 0 bridgehead atoms.